The van der Waals surface area contributed by atoms with E-state index >= 15 is 0 Å². The van der Waals surface area contributed by atoms with Crippen LogP contribution in [0.2, 0.25) is 0 Å². The summed E-state index contributed by atoms with van der Waals surface area (Å²) in [5.41, 5.74) is 1.74. The number of rotatable bonds is 6. The number of aliphatic imine (C=N–C) groups is 1. The number of nitrogens with zero attached hydrogens (tertiary/aromatic N) is 1. The van der Waals surface area contributed by atoms with Crippen molar-refractivity contribution in [2.45, 2.75) is 39.0 Å². The first kappa shape index (κ1) is 24.3. The fourth-order valence-electron chi connectivity index (χ4n) is 2.92. The van der Waals surface area contributed by atoms with Gasteiger partial charge in [-0.05, 0) is 50.0 Å². The van der Waals surface area contributed by atoms with Gasteiger partial charge in [-0.2, -0.15) is 0 Å². The predicted octanol–water partition coefficient (Wildman–Crippen LogP) is 7.16. The van der Waals surface area contributed by atoms with Crippen LogP contribution in [0.3, 0.4) is 0 Å². The second-order valence-electron chi connectivity index (χ2n) is 6.70. The van der Waals surface area contributed by atoms with Gasteiger partial charge in [-0.1, -0.05) is 48.6 Å². The molecule has 1 heterocycles. The summed E-state index contributed by atoms with van der Waals surface area (Å²) in [6, 6.07) is 13.6. The molecule has 0 saturated carbocycles. The van der Waals surface area contributed by atoms with E-state index in [-0.39, 0.29) is 17.7 Å². The minimum absolute atomic E-state index is 0.0556. The molecule has 0 saturated heterocycles. The molecule has 0 fully saturated rings. The van der Waals surface area contributed by atoms with Gasteiger partial charge in [0.25, 0.3) is 0 Å². The summed E-state index contributed by atoms with van der Waals surface area (Å²) in [6.07, 6.45) is 2.62. The number of benzene rings is 2. The Morgan fingerprint density at radius 1 is 1.00 bits per heavy atom. The zero-order valence-corrected chi connectivity index (χ0v) is 17.1. The number of hydrogen-bond donors (Lipinski definition) is 0. The van der Waals surface area contributed by atoms with E-state index in [9.17, 15) is 22.0 Å². The second-order valence-corrected chi connectivity index (χ2v) is 6.70. The average Bonchev–Trinajstić information content (AvgIpc) is 3.25. The first-order chi connectivity index (χ1) is 14.8. The smallest absolute Gasteiger partial charge is 0.410 e. The topological polar surface area (TPSA) is 21.6 Å². The third-order valence-corrected chi connectivity index (χ3v) is 4.38. The fraction of sp³-hybridized carbons (Fsp3) is 0.292. The second kappa shape index (κ2) is 12.0. The van der Waals surface area contributed by atoms with Crippen molar-refractivity contribution in [3.63, 3.8) is 0 Å². The van der Waals surface area contributed by atoms with E-state index in [2.05, 4.69) is 9.73 Å². The fourth-order valence-corrected chi connectivity index (χ4v) is 2.92. The number of allylic oxidation sites excluding steroid dienone is 3. The maximum Gasteiger partial charge on any atom is 0.572 e. The Balaban J connectivity index is 0.000000231. The van der Waals surface area contributed by atoms with E-state index in [1.54, 1.807) is 6.08 Å². The van der Waals surface area contributed by atoms with Crippen molar-refractivity contribution in [1.29, 1.82) is 0 Å². The molecule has 1 aliphatic heterocycles. The van der Waals surface area contributed by atoms with E-state index in [0.717, 1.165) is 12.0 Å². The molecule has 0 spiro atoms. The van der Waals surface area contributed by atoms with Crippen LogP contribution in [0.4, 0.5) is 22.0 Å². The lowest BCUT2D eigenvalue weighted by atomic mass is 10.1. The molecule has 2 nitrogen and oxygen atoms in total. The van der Waals surface area contributed by atoms with Crippen molar-refractivity contribution in [3.05, 3.63) is 95.3 Å². The molecule has 0 aliphatic carbocycles. The number of ether oxygens (including phenoxy) is 1. The zero-order valence-electron chi connectivity index (χ0n) is 17.1. The van der Waals surface area contributed by atoms with Crippen LogP contribution < -0.4 is 0 Å². The Morgan fingerprint density at radius 2 is 1.68 bits per heavy atom. The molecule has 7 heteroatoms. The van der Waals surface area contributed by atoms with Gasteiger partial charge >= 0.3 is 6.36 Å². The summed E-state index contributed by atoms with van der Waals surface area (Å²) < 4.78 is 66.2. The molecule has 0 N–H and O–H groups in total. The molecule has 166 valence electrons. The van der Waals surface area contributed by atoms with Crippen LogP contribution in [-0.4, -0.2) is 18.6 Å². The van der Waals surface area contributed by atoms with E-state index in [4.69, 9.17) is 0 Å². The number of alkyl halides is 3. The van der Waals surface area contributed by atoms with Crippen LogP contribution in [0, 0.1) is 11.6 Å². The predicted molar refractivity (Wildman–Crippen MR) is 112 cm³/mol. The van der Waals surface area contributed by atoms with Crippen LogP contribution in [0.15, 0.2) is 77.5 Å². The van der Waals surface area contributed by atoms with Crippen molar-refractivity contribution in [3.8, 4) is 0 Å². The molecule has 31 heavy (non-hydrogen) atoms. The first-order valence-corrected chi connectivity index (χ1v) is 9.87. The zero-order chi connectivity index (χ0) is 22.7. The molecule has 2 aromatic rings. The Hall–Kier alpha value is -2.96. The van der Waals surface area contributed by atoms with Gasteiger partial charge in [0.15, 0.2) is 0 Å². The monoisotopic (exact) mass is 437 g/mol. The molecule has 0 atom stereocenters. The lowest BCUT2D eigenvalue weighted by molar-refractivity contribution is -0.306. The van der Waals surface area contributed by atoms with E-state index < -0.39 is 18.0 Å². The molecule has 0 bridgehead atoms. The largest absolute Gasteiger partial charge is 0.572 e. The van der Waals surface area contributed by atoms with Gasteiger partial charge < -0.3 is 4.74 Å². The van der Waals surface area contributed by atoms with Gasteiger partial charge in [0.05, 0.1) is 5.56 Å². The van der Waals surface area contributed by atoms with Crippen molar-refractivity contribution in [1.82, 2.24) is 0 Å². The normalized spacial score (nSPS) is 14.3. The Labute approximate surface area is 178 Å². The van der Waals surface area contributed by atoms with Crippen LogP contribution >= 0.6 is 0 Å². The van der Waals surface area contributed by atoms with Crippen molar-refractivity contribution < 1.29 is 26.7 Å². The summed E-state index contributed by atoms with van der Waals surface area (Å²) in [5.74, 6) is -1.12. The number of halogens is 5. The Kier molecular flexibility index (Phi) is 9.43. The lowest BCUT2D eigenvalue weighted by Crippen LogP contribution is -2.12. The number of hydrogen-bond acceptors (Lipinski definition) is 2. The van der Waals surface area contributed by atoms with Crippen molar-refractivity contribution in [2.24, 2.45) is 4.99 Å². The van der Waals surface area contributed by atoms with Gasteiger partial charge in [0.2, 0.25) is 0 Å². The molecule has 0 unspecified atom stereocenters. The molecular weight excluding hydrogens is 413 g/mol. The van der Waals surface area contributed by atoms with Gasteiger partial charge in [-0.15, -0.1) is 13.2 Å². The van der Waals surface area contributed by atoms with Gasteiger partial charge in [0, 0.05) is 18.7 Å². The van der Waals surface area contributed by atoms with Crippen molar-refractivity contribution in [2.75, 3.05) is 6.54 Å². The highest BCUT2D eigenvalue weighted by Gasteiger charge is 2.31. The van der Waals surface area contributed by atoms with Crippen molar-refractivity contribution >= 4 is 5.71 Å². The Morgan fingerprint density at radius 3 is 2.23 bits per heavy atom. The summed E-state index contributed by atoms with van der Waals surface area (Å²) in [5, 5.41) is 0. The SMILES string of the molecule is C/C=C(\C/C=C\Cc1ccccc1)OC(F)(F)F.Fc1cccc(F)c1C1=NCCC1. The molecule has 2 aromatic carbocycles. The molecule has 0 amide bonds. The first-order valence-electron chi connectivity index (χ1n) is 9.87. The average molecular weight is 437 g/mol. The van der Waals surface area contributed by atoms with Crippen LogP contribution in [-0.2, 0) is 11.2 Å². The molecule has 0 radical (unpaired) electrons. The third kappa shape index (κ3) is 8.74. The van der Waals surface area contributed by atoms with E-state index in [0.29, 0.717) is 25.1 Å². The Bertz CT molecular complexity index is 897. The standard InChI is InChI=1S/C14H15F3O.C10H9F2N/c1-2-13(18-14(15,16)17)11-7-6-10-12-8-4-3-5-9-12;11-7-3-1-4-8(12)10(7)9-5-2-6-13-9/h2-9H,10-11H2,1H3;1,3-4H,2,5-6H2/b7-6-,13-2+;. The highest BCUT2D eigenvalue weighted by atomic mass is 19.4. The van der Waals surface area contributed by atoms with E-state index in [1.165, 1.54) is 31.2 Å². The maximum atomic E-state index is 13.2. The summed E-state index contributed by atoms with van der Waals surface area (Å²) in [4.78, 5) is 4.06. The summed E-state index contributed by atoms with van der Waals surface area (Å²) in [7, 11) is 0. The highest BCUT2D eigenvalue weighted by molar-refractivity contribution is 6.01. The van der Waals surface area contributed by atoms with Gasteiger partial charge in [0.1, 0.15) is 17.4 Å². The van der Waals surface area contributed by atoms with Crippen LogP contribution in [0.25, 0.3) is 0 Å². The van der Waals surface area contributed by atoms with Gasteiger partial charge in [-0.25, -0.2) is 8.78 Å². The molecule has 0 aromatic heterocycles. The molecule has 1 aliphatic rings. The van der Waals surface area contributed by atoms with Crippen LogP contribution in [0.5, 0.6) is 0 Å². The van der Waals surface area contributed by atoms with Gasteiger partial charge in [-0.3, -0.25) is 4.99 Å². The molecular formula is C24H24F5NO. The molecule has 3 rings (SSSR count). The quantitative estimate of drug-likeness (QED) is 0.267. The summed E-state index contributed by atoms with van der Waals surface area (Å²) in [6.45, 7) is 2.20. The minimum atomic E-state index is -4.62. The lowest BCUT2D eigenvalue weighted by Gasteiger charge is -2.10. The van der Waals surface area contributed by atoms with E-state index in [1.807, 2.05) is 36.4 Å². The third-order valence-electron chi connectivity index (χ3n) is 4.38. The summed E-state index contributed by atoms with van der Waals surface area (Å²) >= 11 is 0. The maximum absolute atomic E-state index is 13.2. The highest BCUT2D eigenvalue weighted by Crippen LogP contribution is 2.22. The minimum Gasteiger partial charge on any atom is -0.410 e. The van der Waals surface area contributed by atoms with Crippen LogP contribution in [0.1, 0.15) is 37.3 Å².